The Balaban J connectivity index is 2.66. The van der Waals surface area contributed by atoms with Crippen LogP contribution >= 0.6 is 0 Å². The quantitative estimate of drug-likeness (QED) is 0.539. The van der Waals surface area contributed by atoms with Crippen molar-refractivity contribution in [2.24, 2.45) is 17.3 Å². The third-order valence-corrected chi connectivity index (χ3v) is 3.87. The van der Waals surface area contributed by atoms with E-state index in [0.29, 0.717) is 24.9 Å². The molecule has 1 rings (SSSR count). The number of ether oxygens (including phenoxy) is 1. The monoisotopic (exact) mass is 224 g/mol. The summed E-state index contributed by atoms with van der Waals surface area (Å²) in [7, 11) is 0. The summed E-state index contributed by atoms with van der Waals surface area (Å²) in [6.07, 6.45) is 2.71. The minimum Gasteiger partial charge on any atom is -0.466 e. The van der Waals surface area contributed by atoms with E-state index in [2.05, 4.69) is 27.4 Å². The van der Waals surface area contributed by atoms with Crippen LogP contribution in [-0.4, -0.2) is 12.6 Å². The molecular weight excluding hydrogens is 200 g/mol. The Hall–Kier alpha value is -0.790. The number of rotatable bonds is 4. The van der Waals surface area contributed by atoms with Crippen LogP contribution in [0.25, 0.3) is 0 Å². The number of hydrogen-bond acceptors (Lipinski definition) is 2. The molecule has 0 amide bonds. The van der Waals surface area contributed by atoms with Crippen molar-refractivity contribution >= 4 is 5.97 Å². The highest BCUT2D eigenvalue weighted by Gasteiger charge is 2.41. The molecule has 16 heavy (non-hydrogen) atoms. The standard InChI is InChI=1S/C14H24O2/c1-6-16-13(15)9-14(5)8-7-12(10(2)3)11(14)4/h10,12H,4,6-9H2,1-3,5H3/t12-,14-/m0/s1. The highest BCUT2D eigenvalue weighted by Crippen LogP contribution is 2.50. The van der Waals surface area contributed by atoms with E-state index in [-0.39, 0.29) is 11.4 Å². The molecule has 2 atom stereocenters. The number of allylic oxidation sites excluding steroid dienone is 1. The molecule has 2 nitrogen and oxygen atoms in total. The molecule has 92 valence electrons. The molecule has 0 bridgehead atoms. The van der Waals surface area contributed by atoms with Crippen molar-refractivity contribution in [3.05, 3.63) is 12.2 Å². The number of carbonyl (C=O) groups excluding carboxylic acids is 1. The van der Waals surface area contributed by atoms with Gasteiger partial charge in [0, 0.05) is 0 Å². The Labute approximate surface area is 99.1 Å². The summed E-state index contributed by atoms with van der Waals surface area (Å²) in [6.45, 7) is 13.1. The second kappa shape index (κ2) is 5.03. The number of esters is 1. The van der Waals surface area contributed by atoms with Crippen molar-refractivity contribution < 1.29 is 9.53 Å². The van der Waals surface area contributed by atoms with E-state index in [4.69, 9.17) is 4.74 Å². The van der Waals surface area contributed by atoms with Crippen LogP contribution in [0.15, 0.2) is 12.2 Å². The molecule has 0 aromatic heterocycles. The molecule has 0 N–H and O–H groups in total. The fourth-order valence-corrected chi connectivity index (χ4v) is 2.72. The summed E-state index contributed by atoms with van der Waals surface area (Å²) in [5, 5.41) is 0. The van der Waals surface area contributed by atoms with Crippen LogP contribution in [0.1, 0.15) is 47.0 Å². The molecule has 1 saturated carbocycles. The first kappa shape index (κ1) is 13.3. The van der Waals surface area contributed by atoms with Gasteiger partial charge in [0.2, 0.25) is 0 Å². The normalized spacial score (nSPS) is 29.8. The molecule has 0 heterocycles. The average molecular weight is 224 g/mol. The molecule has 0 spiro atoms. The Kier molecular flexibility index (Phi) is 4.17. The van der Waals surface area contributed by atoms with E-state index in [1.54, 1.807) is 0 Å². The minimum absolute atomic E-state index is 0.0405. The van der Waals surface area contributed by atoms with Gasteiger partial charge in [-0.05, 0) is 37.0 Å². The Morgan fingerprint density at radius 3 is 2.69 bits per heavy atom. The van der Waals surface area contributed by atoms with Crippen molar-refractivity contribution in [1.82, 2.24) is 0 Å². The van der Waals surface area contributed by atoms with Crippen molar-refractivity contribution in [1.29, 1.82) is 0 Å². The van der Waals surface area contributed by atoms with E-state index in [1.807, 2.05) is 6.92 Å². The number of hydrogen-bond donors (Lipinski definition) is 0. The Morgan fingerprint density at radius 2 is 2.25 bits per heavy atom. The average Bonchev–Trinajstić information content (AvgIpc) is 2.43. The highest BCUT2D eigenvalue weighted by molar-refractivity contribution is 5.71. The smallest absolute Gasteiger partial charge is 0.306 e. The number of carbonyl (C=O) groups is 1. The van der Waals surface area contributed by atoms with E-state index >= 15 is 0 Å². The zero-order valence-electron chi connectivity index (χ0n) is 11.0. The molecule has 0 aromatic carbocycles. The summed E-state index contributed by atoms with van der Waals surface area (Å²) in [6, 6.07) is 0. The maximum absolute atomic E-state index is 11.6. The van der Waals surface area contributed by atoms with Crippen LogP contribution < -0.4 is 0 Å². The molecule has 0 radical (unpaired) electrons. The zero-order chi connectivity index (χ0) is 12.3. The maximum Gasteiger partial charge on any atom is 0.306 e. The molecule has 0 saturated heterocycles. The van der Waals surface area contributed by atoms with Crippen LogP contribution in [0.3, 0.4) is 0 Å². The second-order valence-electron chi connectivity index (χ2n) is 5.46. The second-order valence-corrected chi connectivity index (χ2v) is 5.46. The maximum atomic E-state index is 11.6. The van der Waals surface area contributed by atoms with Crippen LogP contribution in [0.5, 0.6) is 0 Å². The third kappa shape index (κ3) is 2.66. The molecular formula is C14H24O2. The fraction of sp³-hybridized carbons (Fsp3) is 0.786. The predicted molar refractivity (Wildman–Crippen MR) is 66.1 cm³/mol. The molecule has 2 heteroatoms. The molecule has 1 aliphatic carbocycles. The first-order valence-electron chi connectivity index (χ1n) is 6.25. The summed E-state index contributed by atoms with van der Waals surface area (Å²) in [5.41, 5.74) is 1.21. The lowest BCUT2D eigenvalue weighted by atomic mass is 9.78. The SMILES string of the molecule is C=C1[C@H](C(C)C)CC[C@@]1(C)CC(=O)OCC. The van der Waals surface area contributed by atoms with Gasteiger partial charge in [-0.25, -0.2) is 0 Å². The summed E-state index contributed by atoms with van der Waals surface area (Å²) in [4.78, 5) is 11.6. The first-order chi connectivity index (χ1) is 7.40. The van der Waals surface area contributed by atoms with Gasteiger partial charge in [-0.15, -0.1) is 0 Å². The van der Waals surface area contributed by atoms with Crippen LogP contribution in [0.4, 0.5) is 0 Å². The third-order valence-electron chi connectivity index (χ3n) is 3.87. The van der Waals surface area contributed by atoms with E-state index in [9.17, 15) is 4.79 Å². The van der Waals surface area contributed by atoms with E-state index < -0.39 is 0 Å². The molecule has 1 fully saturated rings. The molecule has 0 aliphatic heterocycles. The van der Waals surface area contributed by atoms with Gasteiger partial charge in [-0.2, -0.15) is 0 Å². The van der Waals surface area contributed by atoms with E-state index in [1.165, 1.54) is 5.57 Å². The van der Waals surface area contributed by atoms with Gasteiger partial charge in [0.1, 0.15) is 0 Å². The van der Waals surface area contributed by atoms with Gasteiger partial charge in [-0.3, -0.25) is 4.79 Å². The zero-order valence-corrected chi connectivity index (χ0v) is 11.0. The van der Waals surface area contributed by atoms with Crippen molar-refractivity contribution in [3.8, 4) is 0 Å². The largest absolute Gasteiger partial charge is 0.466 e. The fourth-order valence-electron chi connectivity index (χ4n) is 2.72. The molecule has 0 unspecified atom stereocenters. The van der Waals surface area contributed by atoms with Crippen LogP contribution in [0, 0.1) is 17.3 Å². The topological polar surface area (TPSA) is 26.3 Å². The summed E-state index contributed by atoms with van der Waals surface area (Å²) in [5.74, 6) is 1.10. The van der Waals surface area contributed by atoms with Gasteiger partial charge >= 0.3 is 5.97 Å². The molecule has 0 aromatic rings. The van der Waals surface area contributed by atoms with Crippen LogP contribution in [0.2, 0.25) is 0 Å². The highest BCUT2D eigenvalue weighted by atomic mass is 16.5. The van der Waals surface area contributed by atoms with Crippen molar-refractivity contribution in [3.63, 3.8) is 0 Å². The first-order valence-corrected chi connectivity index (χ1v) is 6.25. The minimum atomic E-state index is -0.0874. The lowest BCUT2D eigenvalue weighted by molar-refractivity contribution is -0.145. The lowest BCUT2D eigenvalue weighted by Crippen LogP contribution is -2.22. The summed E-state index contributed by atoms with van der Waals surface area (Å²) < 4.78 is 5.03. The van der Waals surface area contributed by atoms with Gasteiger partial charge in [0.25, 0.3) is 0 Å². The molecule has 1 aliphatic rings. The van der Waals surface area contributed by atoms with Gasteiger partial charge in [0.05, 0.1) is 13.0 Å². The predicted octanol–water partition coefficient (Wildman–Crippen LogP) is 3.57. The summed E-state index contributed by atoms with van der Waals surface area (Å²) >= 11 is 0. The van der Waals surface area contributed by atoms with Gasteiger partial charge in [-0.1, -0.05) is 32.9 Å². The van der Waals surface area contributed by atoms with Gasteiger partial charge in [0.15, 0.2) is 0 Å². The van der Waals surface area contributed by atoms with Crippen molar-refractivity contribution in [2.75, 3.05) is 6.61 Å². The van der Waals surface area contributed by atoms with E-state index in [0.717, 1.165) is 12.8 Å². The van der Waals surface area contributed by atoms with Crippen LogP contribution in [-0.2, 0) is 9.53 Å². The Morgan fingerprint density at radius 1 is 1.62 bits per heavy atom. The Bertz CT molecular complexity index is 280. The lowest BCUT2D eigenvalue weighted by Gasteiger charge is -2.27. The van der Waals surface area contributed by atoms with Gasteiger partial charge < -0.3 is 4.74 Å². The van der Waals surface area contributed by atoms with Crippen molar-refractivity contribution in [2.45, 2.75) is 47.0 Å².